The first-order valence-electron chi connectivity index (χ1n) is 4.75. The number of nitrogens with zero attached hydrogens (tertiary/aromatic N) is 1. The molecule has 2 aromatic rings. The second-order valence-electron chi connectivity index (χ2n) is 3.53. The van der Waals surface area contributed by atoms with Gasteiger partial charge in [-0.05, 0) is 30.7 Å². The molecule has 0 saturated carbocycles. The lowest BCUT2D eigenvalue weighted by Gasteiger charge is -2.05. The predicted octanol–water partition coefficient (Wildman–Crippen LogP) is 3.43. The molecule has 0 amide bonds. The van der Waals surface area contributed by atoms with E-state index in [-0.39, 0.29) is 5.02 Å². The summed E-state index contributed by atoms with van der Waals surface area (Å²) in [6.45, 7) is 1.83. The molecular formula is C12H10ClFN2. The van der Waals surface area contributed by atoms with Gasteiger partial charge in [-0.15, -0.1) is 0 Å². The largest absolute Gasteiger partial charge is 0.397 e. The van der Waals surface area contributed by atoms with Crippen LogP contribution in [0, 0.1) is 12.7 Å². The molecular weight excluding hydrogens is 227 g/mol. The molecule has 2 N–H and O–H groups in total. The lowest BCUT2D eigenvalue weighted by atomic mass is 10.1. The van der Waals surface area contributed by atoms with Gasteiger partial charge >= 0.3 is 0 Å². The Morgan fingerprint density at radius 1 is 1.25 bits per heavy atom. The van der Waals surface area contributed by atoms with Gasteiger partial charge in [0.2, 0.25) is 0 Å². The van der Waals surface area contributed by atoms with Crippen molar-refractivity contribution in [3.63, 3.8) is 0 Å². The van der Waals surface area contributed by atoms with E-state index in [1.807, 2.05) is 6.92 Å². The number of pyridine rings is 1. The molecule has 2 rings (SSSR count). The standard InChI is InChI=1S/C12H10ClFN2/c1-7-12(15)5-9(6-16-7)8-2-3-11(14)10(13)4-8/h2-6H,15H2,1H3. The first-order valence-corrected chi connectivity index (χ1v) is 5.13. The molecule has 0 spiro atoms. The molecule has 0 radical (unpaired) electrons. The highest BCUT2D eigenvalue weighted by atomic mass is 35.5. The van der Waals surface area contributed by atoms with Gasteiger partial charge in [0.25, 0.3) is 0 Å². The lowest BCUT2D eigenvalue weighted by Crippen LogP contribution is -1.93. The van der Waals surface area contributed by atoms with Crippen molar-refractivity contribution in [3.8, 4) is 11.1 Å². The molecule has 0 aliphatic heterocycles. The van der Waals surface area contributed by atoms with Crippen LogP contribution < -0.4 is 5.73 Å². The molecule has 1 aromatic heterocycles. The van der Waals surface area contributed by atoms with E-state index in [0.29, 0.717) is 5.69 Å². The van der Waals surface area contributed by atoms with Crippen LogP contribution in [0.5, 0.6) is 0 Å². The van der Waals surface area contributed by atoms with E-state index in [1.54, 1.807) is 24.4 Å². The fourth-order valence-corrected chi connectivity index (χ4v) is 1.56. The van der Waals surface area contributed by atoms with Crippen molar-refractivity contribution < 1.29 is 4.39 Å². The maximum absolute atomic E-state index is 13.0. The van der Waals surface area contributed by atoms with Crippen LogP contribution in [0.1, 0.15) is 5.69 Å². The first kappa shape index (κ1) is 10.9. The Kier molecular flexibility index (Phi) is 2.79. The van der Waals surface area contributed by atoms with Crippen LogP contribution >= 0.6 is 11.6 Å². The molecule has 0 bridgehead atoms. The lowest BCUT2D eigenvalue weighted by molar-refractivity contribution is 0.628. The van der Waals surface area contributed by atoms with Crippen molar-refractivity contribution in [2.45, 2.75) is 6.92 Å². The smallest absolute Gasteiger partial charge is 0.141 e. The van der Waals surface area contributed by atoms with Crippen LogP contribution in [0.2, 0.25) is 5.02 Å². The quantitative estimate of drug-likeness (QED) is 0.824. The van der Waals surface area contributed by atoms with E-state index in [1.165, 1.54) is 6.07 Å². The van der Waals surface area contributed by atoms with Crippen molar-refractivity contribution in [2.75, 3.05) is 5.73 Å². The van der Waals surface area contributed by atoms with Crippen LogP contribution in [0.3, 0.4) is 0 Å². The van der Waals surface area contributed by atoms with Gasteiger partial charge in [0.05, 0.1) is 16.4 Å². The minimum Gasteiger partial charge on any atom is -0.397 e. The van der Waals surface area contributed by atoms with Crippen LogP contribution in [0.15, 0.2) is 30.5 Å². The average Bonchev–Trinajstić information content (AvgIpc) is 2.26. The second-order valence-corrected chi connectivity index (χ2v) is 3.93. The normalized spacial score (nSPS) is 10.4. The number of halogens is 2. The summed E-state index contributed by atoms with van der Waals surface area (Å²) in [6.07, 6.45) is 1.69. The number of nitrogen functional groups attached to an aromatic ring is 1. The highest BCUT2D eigenvalue weighted by Gasteiger charge is 2.04. The Morgan fingerprint density at radius 3 is 2.62 bits per heavy atom. The van der Waals surface area contributed by atoms with Gasteiger partial charge in [-0.1, -0.05) is 17.7 Å². The maximum atomic E-state index is 13.0. The Hall–Kier alpha value is -1.61. The molecule has 0 unspecified atom stereocenters. The number of aromatic nitrogens is 1. The van der Waals surface area contributed by atoms with E-state index >= 15 is 0 Å². The SMILES string of the molecule is Cc1ncc(-c2ccc(F)c(Cl)c2)cc1N. The summed E-state index contributed by atoms with van der Waals surface area (Å²) in [5, 5.41) is 0.0941. The molecule has 2 nitrogen and oxygen atoms in total. The Balaban J connectivity index is 2.50. The Bertz CT molecular complexity index is 491. The summed E-state index contributed by atoms with van der Waals surface area (Å²) >= 11 is 5.71. The average molecular weight is 237 g/mol. The van der Waals surface area contributed by atoms with Crippen molar-refractivity contribution >= 4 is 17.3 Å². The Morgan fingerprint density at radius 2 is 2.00 bits per heavy atom. The van der Waals surface area contributed by atoms with Crippen LogP contribution in [0.4, 0.5) is 10.1 Å². The Labute approximate surface area is 97.9 Å². The zero-order chi connectivity index (χ0) is 11.7. The highest BCUT2D eigenvalue weighted by Crippen LogP contribution is 2.26. The molecule has 1 aromatic carbocycles. The summed E-state index contributed by atoms with van der Waals surface area (Å²) in [5.74, 6) is -0.432. The van der Waals surface area contributed by atoms with E-state index in [4.69, 9.17) is 17.3 Å². The van der Waals surface area contributed by atoms with Gasteiger partial charge < -0.3 is 5.73 Å². The number of nitrogens with two attached hydrogens (primary N) is 1. The molecule has 1 heterocycles. The van der Waals surface area contributed by atoms with Gasteiger partial charge in [-0.2, -0.15) is 0 Å². The molecule has 0 aliphatic rings. The molecule has 0 atom stereocenters. The highest BCUT2D eigenvalue weighted by molar-refractivity contribution is 6.31. The third-order valence-electron chi connectivity index (χ3n) is 2.38. The summed E-state index contributed by atoms with van der Waals surface area (Å²) < 4.78 is 13.0. The van der Waals surface area contributed by atoms with E-state index < -0.39 is 5.82 Å². The fourth-order valence-electron chi connectivity index (χ4n) is 1.38. The molecule has 0 fully saturated rings. The van der Waals surface area contributed by atoms with E-state index in [2.05, 4.69) is 4.98 Å². The van der Waals surface area contributed by atoms with Gasteiger partial charge in [0, 0.05) is 11.8 Å². The number of hydrogen-bond acceptors (Lipinski definition) is 2. The van der Waals surface area contributed by atoms with E-state index in [0.717, 1.165) is 16.8 Å². The summed E-state index contributed by atoms with van der Waals surface area (Å²) in [7, 11) is 0. The van der Waals surface area contributed by atoms with Gasteiger partial charge in [-0.25, -0.2) is 4.39 Å². The van der Waals surface area contributed by atoms with Crippen molar-refractivity contribution in [1.82, 2.24) is 4.98 Å². The maximum Gasteiger partial charge on any atom is 0.141 e. The molecule has 0 aliphatic carbocycles. The third kappa shape index (κ3) is 1.99. The van der Waals surface area contributed by atoms with Crippen LogP contribution in [-0.4, -0.2) is 4.98 Å². The van der Waals surface area contributed by atoms with E-state index in [9.17, 15) is 4.39 Å². The zero-order valence-electron chi connectivity index (χ0n) is 8.67. The predicted molar refractivity (Wildman–Crippen MR) is 63.8 cm³/mol. The zero-order valence-corrected chi connectivity index (χ0v) is 9.42. The van der Waals surface area contributed by atoms with Crippen molar-refractivity contribution in [1.29, 1.82) is 0 Å². The van der Waals surface area contributed by atoms with Gasteiger partial charge in [-0.3, -0.25) is 4.98 Å². The van der Waals surface area contributed by atoms with Crippen molar-refractivity contribution in [2.24, 2.45) is 0 Å². The van der Waals surface area contributed by atoms with Gasteiger partial charge in [0.15, 0.2) is 0 Å². The first-order chi connectivity index (χ1) is 7.58. The number of aryl methyl sites for hydroxylation is 1. The summed E-state index contributed by atoms with van der Waals surface area (Å²) in [6, 6.07) is 6.33. The number of hydrogen-bond donors (Lipinski definition) is 1. The summed E-state index contributed by atoms with van der Waals surface area (Å²) in [4.78, 5) is 4.15. The molecule has 16 heavy (non-hydrogen) atoms. The number of anilines is 1. The minimum absolute atomic E-state index is 0.0941. The second kappa shape index (κ2) is 4.10. The van der Waals surface area contributed by atoms with Crippen molar-refractivity contribution in [3.05, 3.63) is 47.0 Å². The minimum atomic E-state index is -0.432. The fraction of sp³-hybridized carbons (Fsp3) is 0.0833. The third-order valence-corrected chi connectivity index (χ3v) is 2.67. The molecule has 0 saturated heterocycles. The van der Waals surface area contributed by atoms with Crippen LogP contribution in [0.25, 0.3) is 11.1 Å². The molecule has 82 valence electrons. The monoisotopic (exact) mass is 236 g/mol. The topological polar surface area (TPSA) is 38.9 Å². The molecule has 4 heteroatoms. The van der Waals surface area contributed by atoms with Crippen LogP contribution in [-0.2, 0) is 0 Å². The number of rotatable bonds is 1. The number of benzene rings is 1. The summed E-state index contributed by atoms with van der Waals surface area (Å²) in [5.41, 5.74) is 8.76. The van der Waals surface area contributed by atoms with Gasteiger partial charge in [0.1, 0.15) is 5.82 Å².